The minimum absolute atomic E-state index is 0.122. The molecule has 0 spiro atoms. The van der Waals surface area contributed by atoms with Crippen molar-refractivity contribution in [2.45, 2.75) is 52.4 Å². The number of hydrogen-bond donors (Lipinski definition) is 1. The van der Waals surface area contributed by atoms with Gasteiger partial charge in [-0.1, -0.05) is 26.0 Å². The zero-order valence-corrected chi connectivity index (χ0v) is 18.3. The van der Waals surface area contributed by atoms with Crippen molar-refractivity contribution in [2.75, 3.05) is 31.2 Å². The third-order valence-electron chi connectivity index (χ3n) is 6.29. The highest BCUT2D eigenvalue weighted by molar-refractivity contribution is 6.00. The molecule has 1 heterocycles. The Balaban J connectivity index is 2.08. The lowest BCUT2D eigenvalue weighted by Crippen LogP contribution is -2.44. The van der Waals surface area contributed by atoms with E-state index in [1.165, 1.54) is 0 Å². The molecule has 0 radical (unpaired) electrons. The molecule has 1 saturated carbocycles. The Morgan fingerprint density at radius 3 is 2.00 bits per heavy atom. The second kappa shape index (κ2) is 8.26. The van der Waals surface area contributed by atoms with E-state index >= 15 is 0 Å². The molecule has 1 aromatic carbocycles. The van der Waals surface area contributed by atoms with Crippen LogP contribution in [0.4, 0.5) is 5.69 Å². The quantitative estimate of drug-likeness (QED) is 0.592. The van der Waals surface area contributed by atoms with Crippen LogP contribution in [0.2, 0.25) is 0 Å². The Labute approximate surface area is 179 Å². The molecule has 1 aliphatic carbocycles. The summed E-state index contributed by atoms with van der Waals surface area (Å²) in [5.74, 6) is -1.90. The van der Waals surface area contributed by atoms with Crippen molar-refractivity contribution in [1.29, 1.82) is 10.5 Å². The number of nitrogens with zero attached hydrogens (tertiary/aromatic N) is 4. The summed E-state index contributed by atoms with van der Waals surface area (Å²) in [6.07, 6.45) is 1.47. The van der Waals surface area contributed by atoms with Crippen LogP contribution in [-0.2, 0) is 9.47 Å². The summed E-state index contributed by atoms with van der Waals surface area (Å²) in [5, 5.41) is 20.6. The Morgan fingerprint density at radius 1 is 1.00 bits per heavy atom. The van der Waals surface area contributed by atoms with Crippen LogP contribution in [0.3, 0.4) is 0 Å². The smallest absolute Gasteiger partial charge is 0.293 e. The average molecular weight is 410 g/mol. The third kappa shape index (κ3) is 2.73. The number of amidine groups is 1. The number of nitrogens with two attached hydrogens (primary N) is 1. The molecule has 30 heavy (non-hydrogen) atoms. The summed E-state index contributed by atoms with van der Waals surface area (Å²) < 4.78 is 12.1. The first kappa shape index (κ1) is 22.1. The van der Waals surface area contributed by atoms with Gasteiger partial charge in [0, 0.05) is 24.7 Å². The fourth-order valence-corrected chi connectivity index (χ4v) is 4.81. The maximum Gasteiger partial charge on any atom is 0.293 e. The van der Waals surface area contributed by atoms with Crippen LogP contribution >= 0.6 is 0 Å². The molecule has 0 aromatic heterocycles. The zero-order valence-electron chi connectivity index (χ0n) is 18.3. The molecule has 1 aromatic rings. The zero-order chi connectivity index (χ0) is 22.0. The molecule has 7 nitrogen and oxygen atoms in total. The number of rotatable bonds is 10. The topological polar surface area (TPSA) is 108 Å². The first-order valence-electron chi connectivity index (χ1n) is 10.8. The van der Waals surface area contributed by atoms with E-state index < -0.39 is 22.7 Å². The van der Waals surface area contributed by atoms with Gasteiger partial charge in [0.1, 0.15) is 11.3 Å². The van der Waals surface area contributed by atoms with Crippen molar-refractivity contribution in [3.05, 3.63) is 29.8 Å². The van der Waals surface area contributed by atoms with E-state index in [0.29, 0.717) is 13.2 Å². The van der Waals surface area contributed by atoms with Gasteiger partial charge in [-0.05, 0) is 44.4 Å². The van der Waals surface area contributed by atoms with Crippen molar-refractivity contribution >= 4 is 11.5 Å². The van der Waals surface area contributed by atoms with Crippen molar-refractivity contribution in [1.82, 2.24) is 0 Å². The highest BCUT2D eigenvalue weighted by atomic mass is 16.7. The van der Waals surface area contributed by atoms with Gasteiger partial charge in [0.15, 0.2) is 5.41 Å². The van der Waals surface area contributed by atoms with Gasteiger partial charge >= 0.3 is 0 Å². The summed E-state index contributed by atoms with van der Waals surface area (Å²) in [6.45, 7) is 10.7. The van der Waals surface area contributed by atoms with Crippen LogP contribution in [0, 0.1) is 33.5 Å². The number of aliphatic imine (C=N–C) groups is 1. The van der Waals surface area contributed by atoms with Crippen molar-refractivity contribution in [3.63, 3.8) is 0 Å². The minimum Gasteiger partial charge on any atom is -0.386 e. The molecule has 7 heteroatoms. The second-order valence-electron chi connectivity index (χ2n) is 7.81. The van der Waals surface area contributed by atoms with Crippen molar-refractivity contribution in [2.24, 2.45) is 21.6 Å². The van der Waals surface area contributed by atoms with E-state index in [2.05, 4.69) is 35.9 Å². The van der Waals surface area contributed by atoms with Crippen LogP contribution < -0.4 is 10.6 Å². The van der Waals surface area contributed by atoms with E-state index in [4.69, 9.17) is 15.2 Å². The fraction of sp³-hybridized carbons (Fsp3) is 0.609. The molecule has 3 atom stereocenters. The van der Waals surface area contributed by atoms with E-state index in [9.17, 15) is 10.5 Å². The summed E-state index contributed by atoms with van der Waals surface area (Å²) in [6, 6.07) is 12.7. The van der Waals surface area contributed by atoms with E-state index in [-0.39, 0.29) is 5.84 Å². The van der Waals surface area contributed by atoms with Crippen LogP contribution in [-0.4, -0.2) is 38.0 Å². The molecule has 3 rings (SSSR count). The fourth-order valence-electron chi connectivity index (χ4n) is 4.81. The van der Waals surface area contributed by atoms with Gasteiger partial charge in [-0.25, -0.2) is 4.99 Å². The summed E-state index contributed by atoms with van der Waals surface area (Å²) >= 11 is 0. The summed E-state index contributed by atoms with van der Waals surface area (Å²) in [7, 11) is 0. The van der Waals surface area contributed by atoms with Crippen LogP contribution in [0.1, 0.15) is 52.0 Å². The molecular formula is C23H31N5O2. The lowest BCUT2D eigenvalue weighted by molar-refractivity contribution is -0.259. The average Bonchev–Trinajstić information content (AvgIpc) is 3.35. The van der Waals surface area contributed by atoms with Crippen LogP contribution in [0.5, 0.6) is 0 Å². The van der Waals surface area contributed by atoms with Crippen molar-refractivity contribution in [3.8, 4) is 12.1 Å². The predicted molar refractivity (Wildman–Crippen MR) is 116 cm³/mol. The SMILES string of the molecule is CCCOC1(OCCC)N=C(N)C2(C#N)C(c3ccc(N(CC)CC)cc3)C12C#N. The van der Waals surface area contributed by atoms with Crippen LogP contribution in [0.15, 0.2) is 29.3 Å². The highest BCUT2D eigenvalue weighted by Crippen LogP contribution is 2.82. The third-order valence-corrected chi connectivity index (χ3v) is 6.29. The molecule has 2 aliphatic rings. The van der Waals surface area contributed by atoms with Gasteiger partial charge in [-0.15, -0.1) is 0 Å². The van der Waals surface area contributed by atoms with Gasteiger partial charge in [-0.3, -0.25) is 0 Å². The molecule has 160 valence electrons. The predicted octanol–water partition coefficient (Wildman–Crippen LogP) is 3.53. The van der Waals surface area contributed by atoms with Gasteiger partial charge < -0.3 is 20.1 Å². The first-order chi connectivity index (χ1) is 14.5. The summed E-state index contributed by atoms with van der Waals surface area (Å²) in [4.78, 5) is 6.70. The van der Waals surface area contributed by atoms with E-state index in [0.717, 1.165) is 37.2 Å². The number of benzene rings is 1. The molecule has 0 saturated heterocycles. The maximum absolute atomic E-state index is 10.4. The number of ether oxygens (including phenoxy) is 2. The number of fused-ring (bicyclic) bond motifs is 1. The maximum atomic E-state index is 10.4. The largest absolute Gasteiger partial charge is 0.386 e. The van der Waals surface area contributed by atoms with Crippen LogP contribution in [0.25, 0.3) is 0 Å². The van der Waals surface area contributed by atoms with Crippen molar-refractivity contribution < 1.29 is 9.47 Å². The molecule has 3 unspecified atom stereocenters. The standard InChI is InChI=1S/C23H31N5O2/c1-5-13-29-23(30-14-6-2)22(16-25)19(21(22,15-24)20(26)27-23)17-9-11-18(12-10-17)28(7-3)8-4/h9-12,19H,5-8,13-14H2,1-4H3,(H2,26,27). The normalized spacial score (nSPS) is 28.2. The molecule has 1 fully saturated rings. The summed E-state index contributed by atoms with van der Waals surface area (Å²) in [5.41, 5.74) is 5.72. The lowest BCUT2D eigenvalue weighted by atomic mass is 9.93. The highest BCUT2D eigenvalue weighted by Gasteiger charge is 2.93. The molecule has 1 aliphatic heterocycles. The number of hydrogen-bond acceptors (Lipinski definition) is 7. The Bertz CT molecular complexity index is 872. The van der Waals surface area contributed by atoms with Gasteiger partial charge in [0.25, 0.3) is 5.91 Å². The molecule has 0 bridgehead atoms. The Kier molecular flexibility index (Phi) is 6.08. The van der Waals surface area contributed by atoms with E-state index in [1.807, 2.05) is 38.1 Å². The van der Waals surface area contributed by atoms with Gasteiger partial charge in [0.2, 0.25) is 0 Å². The molecule has 0 amide bonds. The second-order valence-corrected chi connectivity index (χ2v) is 7.81. The first-order valence-corrected chi connectivity index (χ1v) is 10.8. The van der Waals surface area contributed by atoms with Gasteiger partial charge in [-0.2, -0.15) is 10.5 Å². The molecular weight excluding hydrogens is 378 g/mol. The number of nitriles is 2. The minimum atomic E-state index is -1.56. The monoisotopic (exact) mass is 409 g/mol. The lowest BCUT2D eigenvalue weighted by Gasteiger charge is -2.32. The Hall–Kier alpha value is -2.61. The Morgan fingerprint density at radius 2 is 1.57 bits per heavy atom. The number of anilines is 1. The van der Waals surface area contributed by atoms with E-state index in [1.54, 1.807) is 0 Å². The van der Waals surface area contributed by atoms with Gasteiger partial charge in [0.05, 0.1) is 25.4 Å². The molecule has 2 N–H and O–H groups in total.